The van der Waals surface area contributed by atoms with Gasteiger partial charge in [0.2, 0.25) is 0 Å². The molecule has 1 aromatic heterocycles. The Morgan fingerprint density at radius 2 is 2.00 bits per heavy atom. The third kappa shape index (κ3) is 3.36. The molecule has 3 nitrogen and oxygen atoms in total. The van der Waals surface area contributed by atoms with Crippen molar-refractivity contribution in [3.63, 3.8) is 0 Å². The lowest BCUT2D eigenvalue weighted by molar-refractivity contribution is 0.194. The summed E-state index contributed by atoms with van der Waals surface area (Å²) in [6.45, 7) is 10.2. The van der Waals surface area contributed by atoms with Crippen molar-refractivity contribution in [2.75, 3.05) is 6.54 Å². The first kappa shape index (κ1) is 12.3. The van der Waals surface area contributed by atoms with Gasteiger partial charge < -0.3 is 15.5 Å². The molecule has 1 heterocycles. The quantitative estimate of drug-likeness (QED) is 0.782. The summed E-state index contributed by atoms with van der Waals surface area (Å²) in [5.74, 6) is 0. The molecule has 0 bridgehead atoms. The van der Waals surface area contributed by atoms with Gasteiger partial charge in [-0.05, 0) is 25.3 Å². The zero-order valence-corrected chi connectivity index (χ0v) is 10.1. The van der Waals surface area contributed by atoms with Gasteiger partial charge in [-0.25, -0.2) is 0 Å². The topological polar surface area (TPSA) is 51.2 Å². The Labute approximate surface area is 92.0 Å². The third-order valence-electron chi connectivity index (χ3n) is 3.22. The molecule has 1 aromatic rings. The fourth-order valence-electron chi connectivity index (χ4n) is 1.14. The second kappa shape index (κ2) is 4.37. The first-order valence-electron chi connectivity index (χ1n) is 5.33. The fourth-order valence-corrected chi connectivity index (χ4v) is 1.14. The number of furan rings is 1. The van der Waals surface area contributed by atoms with Crippen LogP contribution in [0, 0.1) is 5.41 Å². The van der Waals surface area contributed by atoms with Gasteiger partial charge >= 0.3 is 0 Å². The van der Waals surface area contributed by atoms with Gasteiger partial charge in [0.15, 0.2) is 0 Å². The Morgan fingerprint density at radius 1 is 1.33 bits per heavy atom. The molecule has 0 amide bonds. The molecule has 1 rings (SSSR count). The van der Waals surface area contributed by atoms with E-state index in [0.717, 1.165) is 13.1 Å². The summed E-state index contributed by atoms with van der Waals surface area (Å²) in [5.41, 5.74) is 7.16. The van der Waals surface area contributed by atoms with Crippen LogP contribution >= 0.6 is 0 Å². The fraction of sp³-hybridized carbons (Fsp3) is 0.667. The van der Waals surface area contributed by atoms with E-state index in [1.807, 2.05) is 6.07 Å². The molecular weight excluding hydrogens is 188 g/mol. The van der Waals surface area contributed by atoms with Crippen LogP contribution in [0.15, 0.2) is 23.0 Å². The van der Waals surface area contributed by atoms with Gasteiger partial charge in [0.1, 0.15) is 0 Å². The molecule has 0 fully saturated rings. The van der Waals surface area contributed by atoms with Gasteiger partial charge in [0.05, 0.1) is 12.5 Å². The van der Waals surface area contributed by atoms with E-state index < -0.39 is 0 Å². The zero-order chi connectivity index (χ0) is 11.5. The first-order chi connectivity index (χ1) is 6.83. The van der Waals surface area contributed by atoms with Crippen LogP contribution in [-0.4, -0.2) is 12.1 Å². The van der Waals surface area contributed by atoms with Crippen molar-refractivity contribution >= 4 is 0 Å². The van der Waals surface area contributed by atoms with Gasteiger partial charge in [0.25, 0.3) is 0 Å². The van der Waals surface area contributed by atoms with E-state index in [1.165, 1.54) is 5.56 Å². The minimum Gasteiger partial charge on any atom is -0.472 e. The average Bonchev–Trinajstić information content (AvgIpc) is 2.54. The van der Waals surface area contributed by atoms with E-state index >= 15 is 0 Å². The number of nitrogens with two attached hydrogens (primary N) is 1. The first-order valence-corrected chi connectivity index (χ1v) is 5.33. The normalized spacial score (nSPS) is 13.1. The molecule has 3 heteroatoms. The largest absolute Gasteiger partial charge is 0.472 e. The van der Waals surface area contributed by atoms with E-state index in [9.17, 15) is 0 Å². The van der Waals surface area contributed by atoms with Crippen LogP contribution in [0.25, 0.3) is 0 Å². The molecule has 0 aliphatic rings. The highest BCUT2D eigenvalue weighted by Gasteiger charge is 2.32. The summed E-state index contributed by atoms with van der Waals surface area (Å²) in [6, 6.07) is 1.97. The molecule has 0 radical (unpaired) electrons. The predicted octanol–water partition coefficient (Wildman–Crippen LogP) is 2.13. The highest BCUT2D eigenvalue weighted by atomic mass is 16.3. The standard InChI is InChI=1S/C12H22N2O/c1-11(2,12(3,4)13)9-14-7-10-5-6-15-8-10/h5-6,8,14H,7,9,13H2,1-4H3. The van der Waals surface area contributed by atoms with Crippen LogP contribution < -0.4 is 11.1 Å². The van der Waals surface area contributed by atoms with Gasteiger partial charge in [-0.1, -0.05) is 13.8 Å². The minimum absolute atomic E-state index is 0.0662. The zero-order valence-electron chi connectivity index (χ0n) is 10.1. The molecule has 0 atom stereocenters. The van der Waals surface area contributed by atoms with Gasteiger partial charge in [-0.3, -0.25) is 0 Å². The molecule has 86 valence electrons. The lowest BCUT2D eigenvalue weighted by Crippen LogP contribution is -2.52. The molecule has 3 N–H and O–H groups in total. The monoisotopic (exact) mass is 210 g/mol. The van der Waals surface area contributed by atoms with Gasteiger partial charge in [-0.2, -0.15) is 0 Å². The Kier molecular flexibility index (Phi) is 3.58. The highest BCUT2D eigenvalue weighted by molar-refractivity contribution is 5.04. The van der Waals surface area contributed by atoms with E-state index in [-0.39, 0.29) is 11.0 Å². The summed E-state index contributed by atoms with van der Waals surface area (Å²) in [5, 5.41) is 3.39. The van der Waals surface area contributed by atoms with E-state index in [0.29, 0.717) is 0 Å². The summed E-state index contributed by atoms with van der Waals surface area (Å²) in [7, 11) is 0. The van der Waals surface area contributed by atoms with E-state index in [4.69, 9.17) is 10.2 Å². The maximum atomic E-state index is 6.11. The SMILES string of the molecule is CC(C)(N)C(C)(C)CNCc1ccoc1. The van der Waals surface area contributed by atoms with Crippen molar-refractivity contribution in [1.82, 2.24) is 5.32 Å². The number of hydrogen-bond donors (Lipinski definition) is 2. The number of hydrogen-bond acceptors (Lipinski definition) is 3. The molecule has 15 heavy (non-hydrogen) atoms. The number of nitrogens with one attached hydrogen (secondary N) is 1. The van der Waals surface area contributed by atoms with Crippen molar-refractivity contribution in [2.24, 2.45) is 11.1 Å². The molecule has 0 saturated carbocycles. The molecule has 0 aliphatic heterocycles. The maximum Gasteiger partial charge on any atom is 0.0947 e. The maximum absolute atomic E-state index is 6.11. The van der Waals surface area contributed by atoms with Crippen molar-refractivity contribution in [1.29, 1.82) is 0 Å². The Morgan fingerprint density at radius 3 is 2.47 bits per heavy atom. The van der Waals surface area contributed by atoms with Crippen LogP contribution in [0.1, 0.15) is 33.3 Å². The van der Waals surface area contributed by atoms with Crippen molar-refractivity contribution in [3.05, 3.63) is 24.2 Å². The van der Waals surface area contributed by atoms with E-state index in [1.54, 1.807) is 12.5 Å². The van der Waals surface area contributed by atoms with Crippen LogP contribution in [0.4, 0.5) is 0 Å². The van der Waals surface area contributed by atoms with Crippen LogP contribution in [0.3, 0.4) is 0 Å². The molecule has 0 spiro atoms. The second-order valence-corrected chi connectivity index (χ2v) is 5.34. The van der Waals surface area contributed by atoms with Crippen LogP contribution in [-0.2, 0) is 6.54 Å². The average molecular weight is 210 g/mol. The summed E-state index contributed by atoms with van der Waals surface area (Å²) < 4.78 is 5.00. The van der Waals surface area contributed by atoms with Crippen molar-refractivity contribution in [2.45, 2.75) is 39.8 Å². The Balaban J connectivity index is 2.37. The Hall–Kier alpha value is -0.800. The van der Waals surface area contributed by atoms with Crippen molar-refractivity contribution < 1.29 is 4.42 Å². The van der Waals surface area contributed by atoms with Gasteiger partial charge in [-0.15, -0.1) is 0 Å². The molecule has 0 saturated heterocycles. The smallest absolute Gasteiger partial charge is 0.0947 e. The highest BCUT2D eigenvalue weighted by Crippen LogP contribution is 2.27. The molecule has 0 aromatic carbocycles. The number of rotatable bonds is 5. The van der Waals surface area contributed by atoms with Crippen LogP contribution in [0.5, 0.6) is 0 Å². The molecule has 0 aliphatic carbocycles. The molecule has 0 unspecified atom stereocenters. The predicted molar refractivity (Wildman–Crippen MR) is 62.5 cm³/mol. The lowest BCUT2D eigenvalue weighted by atomic mass is 9.75. The second-order valence-electron chi connectivity index (χ2n) is 5.34. The van der Waals surface area contributed by atoms with Gasteiger partial charge in [0, 0.05) is 24.2 Å². The van der Waals surface area contributed by atoms with Crippen molar-refractivity contribution in [3.8, 4) is 0 Å². The van der Waals surface area contributed by atoms with Crippen LogP contribution in [0.2, 0.25) is 0 Å². The summed E-state index contributed by atoms with van der Waals surface area (Å²) >= 11 is 0. The molecular formula is C12H22N2O. The lowest BCUT2D eigenvalue weighted by Gasteiger charge is -2.38. The van der Waals surface area contributed by atoms with E-state index in [2.05, 4.69) is 33.0 Å². The minimum atomic E-state index is -0.184. The summed E-state index contributed by atoms with van der Waals surface area (Å²) in [6.07, 6.45) is 3.45. The third-order valence-corrected chi connectivity index (χ3v) is 3.22. The summed E-state index contributed by atoms with van der Waals surface area (Å²) in [4.78, 5) is 0. The Bertz CT molecular complexity index is 283.